The molecule has 0 saturated carbocycles. The summed E-state index contributed by atoms with van der Waals surface area (Å²) in [6.45, 7) is 6.43. The van der Waals surface area contributed by atoms with E-state index in [1.165, 1.54) is 12.1 Å². The Morgan fingerprint density at radius 1 is 1.16 bits per heavy atom. The average Bonchev–Trinajstić information content (AvgIpc) is 2.92. The Morgan fingerprint density at radius 3 is 2.34 bits per heavy atom. The van der Waals surface area contributed by atoms with Gasteiger partial charge in [-0.2, -0.15) is 8.42 Å². The molecule has 7 nitrogen and oxygen atoms in total. The highest BCUT2D eigenvalue weighted by Crippen LogP contribution is 2.44. The summed E-state index contributed by atoms with van der Waals surface area (Å²) in [5.74, 6) is -0.00885. The van der Waals surface area contributed by atoms with Crippen LogP contribution in [0, 0.1) is 0 Å². The Hall–Kier alpha value is -1.71. The van der Waals surface area contributed by atoms with Crippen LogP contribution < -0.4 is 8.92 Å². The van der Waals surface area contributed by atoms with E-state index in [-0.39, 0.29) is 28.9 Å². The van der Waals surface area contributed by atoms with Gasteiger partial charge in [0.05, 0.1) is 28.1 Å². The van der Waals surface area contributed by atoms with Gasteiger partial charge in [0.1, 0.15) is 11.5 Å². The van der Waals surface area contributed by atoms with Crippen molar-refractivity contribution in [3.63, 3.8) is 0 Å². The number of hydrogen-bond donors (Lipinski definition) is 1. The molecule has 1 heterocycles. The molecule has 1 aliphatic rings. The van der Waals surface area contributed by atoms with Crippen molar-refractivity contribution in [2.75, 3.05) is 12.9 Å². The van der Waals surface area contributed by atoms with Gasteiger partial charge in [-0.15, -0.1) is 0 Å². The lowest BCUT2D eigenvalue weighted by Crippen LogP contribution is -2.34. The maximum absolute atomic E-state index is 11.2. The predicted molar refractivity (Wildman–Crippen MR) is 124 cm³/mol. The summed E-state index contributed by atoms with van der Waals surface area (Å²) < 4.78 is 38.5. The van der Waals surface area contributed by atoms with Crippen LogP contribution in [0.3, 0.4) is 0 Å². The van der Waals surface area contributed by atoms with Gasteiger partial charge < -0.3 is 18.8 Å². The van der Waals surface area contributed by atoms with Crippen molar-refractivity contribution in [1.29, 1.82) is 0 Å². The maximum Gasteiger partial charge on any atom is 0.307 e. The summed E-state index contributed by atoms with van der Waals surface area (Å²) in [6.07, 6.45) is 0.421. The zero-order chi connectivity index (χ0) is 24.3. The normalized spacial score (nSPS) is 16.4. The number of aliphatic carboxylic acids is 1. The topological polar surface area (TPSA) is 99.1 Å². The molecular weight excluding hydrogens is 503 g/mol. The summed E-state index contributed by atoms with van der Waals surface area (Å²) in [5.41, 5.74) is 0.873. The van der Waals surface area contributed by atoms with Crippen LogP contribution in [0.4, 0.5) is 0 Å². The van der Waals surface area contributed by atoms with Crippen molar-refractivity contribution in [2.24, 2.45) is 0 Å². The van der Waals surface area contributed by atoms with E-state index in [1.807, 2.05) is 20.8 Å². The first-order valence-electron chi connectivity index (χ1n) is 9.42. The third-order valence-electron chi connectivity index (χ3n) is 4.50. The fourth-order valence-corrected chi connectivity index (χ4v) is 4.14. The molecule has 0 aromatic heterocycles. The van der Waals surface area contributed by atoms with Crippen molar-refractivity contribution >= 4 is 50.9 Å². The fraction of sp³-hybridized carbons (Fsp3) is 0.381. The monoisotopic (exact) mass is 524 g/mol. The standard InChI is InChI=1S/C13H18O5S.C8H5Cl3O2/c1-5-16-12-13(2,3)10-8-9(18-19(4,14)15)6-7-11(10)17-12;9-5-1-2-6(10)8(11)4(5)3-7(12)13/h6-8,12H,5H2,1-4H3;1-2H,3H2,(H,12,13). The number of halogens is 3. The second-order valence-electron chi connectivity index (χ2n) is 7.46. The molecular formula is C21H23Cl3O7S. The molecule has 1 aliphatic heterocycles. The summed E-state index contributed by atoms with van der Waals surface area (Å²) in [4.78, 5) is 10.4. The quantitative estimate of drug-likeness (QED) is 0.402. The first-order chi connectivity index (χ1) is 14.8. The maximum atomic E-state index is 11.2. The largest absolute Gasteiger partial charge is 0.481 e. The number of benzene rings is 2. The average molecular weight is 526 g/mol. The minimum Gasteiger partial charge on any atom is -0.481 e. The third kappa shape index (κ3) is 6.65. The fourth-order valence-electron chi connectivity index (χ4n) is 3.01. The lowest BCUT2D eigenvalue weighted by molar-refractivity contribution is -0.136. The number of carboxylic acid groups (broad SMARTS) is 1. The summed E-state index contributed by atoms with van der Waals surface area (Å²) >= 11 is 17.2. The summed E-state index contributed by atoms with van der Waals surface area (Å²) in [6, 6.07) is 8.02. The molecule has 0 spiro atoms. The van der Waals surface area contributed by atoms with Crippen LogP contribution in [0.1, 0.15) is 31.9 Å². The van der Waals surface area contributed by atoms with Gasteiger partial charge in [-0.3, -0.25) is 4.79 Å². The minimum absolute atomic E-state index is 0.205. The van der Waals surface area contributed by atoms with Gasteiger partial charge in [-0.25, -0.2) is 0 Å². The van der Waals surface area contributed by atoms with Crippen LogP contribution in [0.25, 0.3) is 0 Å². The van der Waals surface area contributed by atoms with E-state index in [4.69, 9.17) is 53.6 Å². The van der Waals surface area contributed by atoms with Gasteiger partial charge in [0.15, 0.2) is 0 Å². The molecule has 1 unspecified atom stereocenters. The van der Waals surface area contributed by atoms with E-state index < -0.39 is 16.1 Å². The molecule has 2 aromatic carbocycles. The number of ether oxygens (including phenoxy) is 2. The highest BCUT2D eigenvalue weighted by molar-refractivity contribution is 7.86. The third-order valence-corrected chi connectivity index (χ3v) is 6.19. The van der Waals surface area contributed by atoms with Gasteiger partial charge in [-0.1, -0.05) is 34.8 Å². The van der Waals surface area contributed by atoms with Crippen molar-refractivity contribution in [3.8, 4) is 11.5 Å². The molecule has 0 fully saturated rings. The Labute approximate surface area is 202 Å². The van der Waals surface area contributed by atoms with Gasteiger partial charge in [0, 0.05) is 22.8 Å². The molecule has 0 aliphatic carbocycles. The van der Waals surface area contributed by atoms with Crippen LogP contribution in [0.5, 0.6) is 11.5 Å². The Bertz CT molecular complexity index is 1100. The van der Waals surface area contributed by atoms with Crippen molar-refractivity contribution < 1.29 is 32.0 Å². The lowest BCUT2D eigenvalue weighted by atomic mass is 9.85. The molecule has 0 radical (unpaired) electrons. The highest BCUT2D eigenvalue weighted by atomic mass is 35.5. The number of fused-ring (bicyclic) bond motifs is 1. The van der Waals surface area contributed by atoms with Gasteiger partial charge in [0.2, 0.25) is 6.29 Å². The van der Waals surface area contributed by atoms with Gasteiger partial charge in [0.25, 0.3) is 0 Å². The zero-order valence-electron chi connectivity index (χ0n) is 17.8. The molecule has 11 heteroatoms. The van der Waals surface area contributed by atoms with Crippen molar-refractivity contribution in [1.82, 2.24) is 0 Å². The summed E-state index contributed by atoms with van der Waals surface area (Å²) in [5, 5.41) is 9.38. The molecule has 3 rings (SSSR count). The Balaban J connectivity index is 0.000000244. The molecule has 0 saturated heterocycles. The zero-order valence-corrected chi connectivity index (χ0v) is 20.9. The van der Waals surface area contributed by atoms with Crippen LogP contribution in [0.2, 0.25) is 15.1 Å². The van der Waals surface area contributed by atoms with Gasteiger partial charge >= 0.3 is 16.1 Å². The Kier molecular flexibility index (Phi) is 8.69. The van der Waals surface area contributed by atoms with E-state index in [2.05, 4.69) is 0 Å². The van der Waals surface area contributed by atoms with E-state index >= 15 is 0 Å². The highest BCUT2D eigenvalue weighted by Gasteiger charge is 2.42. The number of rotatable bonds is 6. The second kappa shape index (κ2) is 10.5. The van der Waals surface area contributed by atoms with E-state index in [0.717, 1.165) is 11.8 Å². The minimum atomic E-state index is -3.53. The van der Waals surface area contributed by atoms with E-state index in [9.17, 15) is 13.2 Å². The molecule has 0 amide bonds. The summed E-state index contributed by atoms with van der Waals surface area (Å²) in [7, 11) is -3.53. The number of carboxylic acids is 1. The predicted octanol–water partition coefficient (Wildman–Crippen LogP) is 5.33. The van der Waals surface area contributed by atoms with E-state index in [1.54, 1.807) is 18.2 Å². The SMILES string of the molecule is CCOC1Oc2ccc(OS(C)(=O)=O)cc2C1(C)C.O=C(O)Cc1c(Cl)ccc(Cl)c1Cl. The smallest absolute Gasteiger partial charge is 0.307 e. The molecule has 1 atom stereocenters. The number of carbonyl (C=O) groups is 1. The van der Waals surface area contributed by atoms with Crippen LogP contribution in [0.15, 0.2) is 30.3 Å². The second-order valence-corrected chi connectivity index (χ2v) is 10.2. The van der Waals surface area contributed by atoms with Crippen molar-refractivity contribution in [2.45, 2.75) is 38.9 Å². The lowest BCUT2D eigenvalue weighted by Gasteiger charge is -2.25. The number of hydrogen-bond acceptors (Lipinski definition) is 6. The van der Waals surface area contributed by atoms with Crippen molar-refractivity contribution in [3.05, 3.63) is 56.5 Å². The molecule has 32 heavy (non-hydrogen) atoms. The van der Waals surface area contributed by atoms with Crippen LogP contribution in [-0.2, 0) is 31.5 Å². The first-order valence-corrected chi connectivity index (χ1v) is 12.4. The first kappa shape index (κ1) is 26.5. The van der Waals surface area contributed by atoms with E-state index in [0.29, 0.717) is 28.0 Å². The van der Waals surface area contributed by atoms with Crippen LogP contribution >= 0.6 is 34.8 Å². The molecule has 1 N–H and O–H groups in total. The molecule has 0 bridgehead atoms. The molecule has 2 aromatic rings. The Morgan fingerprint density at radius 2 is 1.78 bits per heavy atom. The molecule has 176 valence electrons. The van der Waals surface area contributed by atoms with Crippen LogP contribution in [-0.4, -0.2) is 38.6 Å². The van der Waals surface area contributed by atoms with Gasteiger partial charge in [-0.05, 0) is 51.1 Å².